The van der Waals surface area contributed by atoms with Crippen LogP contribution < -0.4 is 0 Å². The van der Waals surface area contributed by atoms with Gasteiger partial charge in [0.05, 0.1) is 11.7 Å². The van der Waals surface area contributed by atoms with Crippen LogP contribution in [0.4, 0.5) is 4.79 Å². The quantitative estimate of drug-likeness (QED) is 0.863. The van der Waals surface area contributed by atoms with Crippen molar-refractivity contribution in [3.05, 3.63) is 65.5 Å². The average molecular weight is 296 g/mol. The topological polar surface area (TPSA) is 42.4 Å². The van der Waals surface area contributed by atoms with Crippen LogP contribution in [0, 0.1) is 6.92 Å². The number of carbonyl (C=O) groups excluding carboxylic acids is 1. The molecular weight excluding hydrogens is 276 g/mol. The lowest BCUT2D eigenvalue weighted by atomic mass is 10.1. The molecule has 0 saturated carbocycles. The van der Waals surface area contributed by atoms with E-state index in [9.17, 15) is 4.79 Å². The maximum atomic E-state index is 12.4. The van der Waals surface area contributed by atoms with E-state index < -0.39 is 0 Å². The molecule has 3 rings (SSSR count). The first-order valence-electron chi connectivity index (χ1n) is 7.64. The molecule has 1 aliphatic rings. The average Bonchev–Trinajstić information content (AvgIpc) is 3.03. The summed E-state index contributed by atoms with van der Waals surface area (Å²) in [5, 5.41) is 0. The Morgan fingerprint density at radius 3 is 2.86 bits per heavy atom. The van der Waals surface area contributed by atoms with Gasteiger partial charge in [0.15, 0.2) is 0 Å². The Labute approximate surface area is 130 Å². The fourth-order valence-electron chi connectivity index (χ4n) is 2.92. The fraction of sp³-hybridized carbons (Fsp3) is 0.333. The van der Waals surface area contributed by atoms with Gasteiger partial charge in [0, 0.05) is 12.7 Å². The number of likely N-dealkylation sites (tertiary alicyclic amines) is 1. The number of nitrogens with zero attached hydrogens (tertiary/aromatic N) is 2. The maximum absolute atomic E-state index is 12.4. The molecule has 0 aliphatic carbocycles. The van der Waals surface area contributed by atoms with E-state index in [-0.39, 0.29) is 12.1 Å². The highest BCUT2D eigenvalue weighted by atomic mass is 16.6. The van der Waals surface area contributed by atoms with Crippen molar-refractivity contribution in [1.29, 1.82) is 0 Å². The summed E-state index contributed by atoms with van der Waals surface area (Å²) in [6.45, 7) is 3.08. The van der Waals surface area contributed by atoms with Gasteiger partial charge in [-0.25, -0.2) is 4.79 Å². The molecule has 22 heavy (non-hydrogen) atoms. The molecule has 1 aliphatic heterocycles. The highest BCUT2D eigenvalue weighted by Gasteiger charge is 2.32. The molecular formula is C18H20N2O2. The summed E-state index contributed by atoms with van der Waals surface area (Å²) in [7, 11) is 0. The lowest BCUT2D eigenvalue weighted by Gasteiger charge is -2.24. The van der Waals surface area contributed by atoms with Crippen LogP contribution in [0.3, 0.4) is 0 Å². The Bertz CT molecular complexity index is 643. The molecule has 0 spiro atoms. The Morgan fingerprint density at radius 1 is 1.27 bits per heavy atom. The number of ether oxygens (including phenoxy) is 1. The largest absolute Gasteiger partial charge is 0.445 e. The van der Waals surface area contributed by atoms with Gasteiger partial charge in [-0.3, -0.25) is 9.88 Å². The predicted molar refractivity (Wildman–Crippen MR) is 84.3 cm³/mol. The van der Waals surface area contributed by atoms with Gasteiger partial charge in [0.25, 0.3) is 0 Å². The van der Waals surface area contributed by atoms with E-state index in [4.69, 9.17) is 4.74 Å². The van der Waals surface area contributed by atoms with Crippen molar-refractivity contribution in [3.63, 3.8) is 0 Å². The van der Waals surface area contributed by atoms with E-state index in [0.29, 0.717) is 6.61 Å². The molecule has 0 N–H and O–H groups in total. The number of hydrogen-bond acceptors (Lipinski definition) is 3. The van der Waals surface area contributed by atoms with Crippen LogP contribution in [0.1, 0.15) is 35.7 Å². The molecule has 1 aromatic heterocycles. The van der Waals surface area contributed by atoms with Crippen molar-refractivity contribution in [2.45, 2.75) is 32.4 Å². The highest BCUT2D eigenvalue weighted by Crippen LogP contribution is 2.32. The number of benzene rings is 1. The third-order valence-corrected chi connectivity index (χ3v) is 4.06. The van der Waals surface area contributed by atoms with Gasteiger partial charge >= 0.3 is 6.09 Å². The molecule has 4 nitrogen and oxygen atoms in total. The summed E-state index contributed by atoms with van der Waals surface area (Å²) in [4.78, 5) is 18.7. The minimum Gasteiger partial charge on any atom is -0.445 e. The van der Waals surface area contributed by atoms with Gasteiger partial charge in [-0.05, 0) is 37.0 Å². The van der Waals surface area contributed by atoms with Crippen molar-refractivity contribution in [2.24, 2.45) is 0 Å². The summed E-state index contributed by atoms with van der Waals surface area (Å²) in [5.74, 6) is 0. The van der Waals surface area contributed by atoms with E-state index in [1.54, 1.807) is 11.1 Å². The van der Waals surface area contributed by atoms with E-state index >= 15 is 0 Å². The van der Waals surface area contributed by atoms with Crippen LogP contribution in [0.25, 0.3) is 0 Å². The monoisotopic (exact) mass is 296 g/mol. The van der Waals surface area contributed by atoms with Crippen molar-refractivity contribution < 1.29 is 9.53 Å². The molecule has 0 radical (unpaired) electrons. The van der Waals surface area contributed by atoms with E-state index in [0.717, 1.165) is 36.2 Å². The fourth-order valence-corrected chi connectivity index (χ4v) is 2.92. The molecule has 1 aromatic carbocycles. The zero-order valence-corrected chi connectivity index (χ0v) is 12.7. The van der Waals surface area contributed by atoms with Crippen molar-refractivity contribution >= 4 is 6.09 Å². The lowest BCUT2D eigenvalue weighted by Crippen LogP contribution is -2.31. The second-order valence-electron chi connectivity index (χ2n) is 5.60. The highest BCUT2D eigenvalue weighted by molar-refractivity contribution is 5.68. The number of hydrogen-bond donors (Lipinski definition) is 0. The Hall–Kier alpha value is -2.36. The summed E-state index contributed by atoms with van der Waals surface area (Å²) >= 11 is 0. The van der Waals surface area contributed by atoms with Crippen molar-refractivity contribution in [2.75, 3.05) is 6.54 Å². The van der Waals surface area contributed by atoms with Crippen LogP contribution in [0.2, 0.25) is 0 Å². The molecule has 1 fully saturated rings. The molecule has 0 bridgehead atoms. The van der Waals surface area contributed by atoms with Crippen LogP contribution in [-0.4, -0.2) is 22.5 Å². The summed E-state index contributed by atoms with van der Waals surface area (Å²) in [5.41, 5.74) is 3.10. The number of amides is 1. The Kier molecular flexibility index (Phi) is 4.37. The normalized spacial score (nSPS) is 17.5. The second kappa shape index (κ2) is 6.60. The van der Waals surface area contributed by atoms with E-state index in [1.807, 2.05) is 49.4 Å². The molecule has 1 saturated heterocycles. The Morgan fingerprint density at radius 2 is 2.09 bits per heavy atom. The van der Waals surface area contributed by atoms with Crippen LogP contribution in [0.15, 0.2) is 48.7 Å². The first-order chi connectivity index (χ1) is 10.8. The van der Waals surface area contributed by atoms with Gasteiger partial charge in [-0.15, -0.1) is 0 Å². The van der Waals surface area contributed by atoms with Gasteiger partial charge in [0.1, 0.15) is 6.61 Å². The SMILES string of the molecule is Cc1cccnc1[C@H]1CCCN1C(=O)OCc1ccccc1. The molecule has 1 atom stereocenters. The maximum Gasteiger partial charge on any atom is 0.410 e. The zero-order valence-electron chi connectivity index (χ0n) is 12.7. The summed E-state index contributed by atoms with van der Waals surface area (Å²) in [6, 6.07) is 13.7. The van der Waals surface area contributed by atoms with Crippen molar-refractivity contribution in [1.82, 2.24) is 9.88 Å². The Balaban J connectivity index is 1.68. The van der Waals surface area contributed by atoms with Crippen LogP contribution >= 0.6 is 0 Å². The number of aromatic nitrogens is 1. The number of carbonyl (C=O) groups is 1. The number of pyridine rings is 1. The second-order valence-corrected chi connectivity index (χ2v) is 5.60. The van der Waals surface area contributed by atoms with Gasteiger partial charge in [-0.2, -0.15) is 0 Å². The zero-order chi connectivity index (χ0) is 15.4. The molecule has 2 aromatic rings. The molecule has 114 valence electrons. The first-order valence-corrected chi connectivity index (χ1v) is 7.64. The predicted octanol–water partition coefficient (Wildman–Crippen LogP) is 3.86. The van der Waals surface area contributed by atoms with Crippen molar-refractivity contribution in [3.8, 4) is 0 Å². The third-order valence-electron chi connectivity index (χ3n) is 4.06. The third kappa shape index (κ3) is 3.11. The molecule has 1 amide bonds. The smallest absolute Gasteiger partial charge is 0.410 e. The summed E-state index contributed by atoms with van der Waals surface area (Å²) in [6.07, 6.45) is 3.46. The van der Waals surface area contributed by atoms with Gasteiger partial charge in [0.2, 0.25) is 0 Å². The van der Waals surface area contributed by atoms with Crippen LogP contribution in [-0.2, 0) is 11.3 Å². The minimum atomic E-state index is -0.253. The van der Waals surface area contributed by atoms with E-state index in [1.165, 1.54) is 0 Å². The first kappa shape index (κ1) is 14.6. The van der Waals surface area contributed by atoms with E-state index in [2.05, 4.69) is 4.98 Å². The number of rotatable bonds is 3. The summed E-state index contributed by atoms with van der Waals surface area (Å²) < 4.78 is 5.46. The molecule has 4 heteroatoms. The number of aryl methyl sites for hydroxylation is 1. The standard InChI is InChI=1S/C18H20N2O2/c1-14-7-5-11-19-17(14)16-10-6-12-20(16)18(21)22-13-15-8-3-2-4-9-15/h2-5,7-9,11,16H,6,10,12-13H2,1H3/t16-/m1/s1. The molecule has 0 unspecified atom stereocenters. The van der Waals surface area contributed by atoms with Gasteiger partial charge in [-0.1, -0.05) is 36.4 Å². The minimum absolute atomic E-state index is 0.0319. The molecule has 2 heterocycles. The lowest BCUT2D eigenvalue weighted by molar-refractivity contribution is 0.0914. The van der Waals surface area contributed by atoms with Gasteiger partial charge < -0.3 is 4.74 Å². The van der Waals surface area contributed by atoms with Crippen LogP contribution in [0.5, 0.6) is 0 Å².